The average Bonchev–Trinajstić information content (AvgIpc) is 2.79. The number of hydrogen-bond acceptors (Lipinski definition) is 4. The van der Waals surface area contributed by atoms with Crippen molar-refractivity contribution in [3.63, 3.8) is 0 Å². The molecular formula is C16H15N3O5S. The third-order valence-electron chi connectivity index (χ3n) is 3.94. The Balaban J connectivity index is 1.99. The van der Waals surface area contributed by atoms with E-state index < -0.39 is 16.0 Å². The quantitative estimate of drug-likeness (QED) is 0.729. The number of rotatable bonds is 4. The van der Waals surface area contributed by atoms with Crippen molar-refractivity contribution in [1.29, 1.82) is 0 Å². The van der Waals surface area contributed by atoms with E-state index >= 15 is 0 Å². The Morgan fingerprint density at radius 2 is 1.60 bits per heavy atom. The topological polar surface area (TPSA) is 110 Å². The van der Waals surface area contributed by atoms with E-state index in [2.05, 4.69) is 4.72 Å². The number of fused-ring (bicyclic) bond motifs is 1. The van der Waals surface area contributed by atoms with E-state index in [0.29, 0.717) is 11.0 Å². The fourth-order valence-electron chi connectivity index (χ4n) is 2.55. The van der Waals surface area contributed by atoms with Crippen LogP contribution in [0.25, 0.3) is 11.0 Å². The number of sulfonamides is 1. The number of aromatic nitrogens is 2. The number of anilines is 1. The molecule has 130 valence electrons. The largest absolute Gasteiger partial charge is 0.478 e. The van der Waals surface area contributed by atoms with Crippen molar-refractivity contribution in [2.75, 3.05) is 4.72 Å². The number of nitrogens with one attached hydrogen (secondary N) is 1. The highest BCUT2D eigenvalue weighted by Crippen LogP contribution is 2.21. The minimum absolute atomic E-state index is 0.00325. The maximum absolute atomic E-state index is 12.5. The first-order valence-corrected chi connectivity index (χ1v) is 8.70. The summed E-state index contributed by atoms with van der Waals surface area (Å²) in [6.45, 7) is 0. The molecule has 0 fully saturated rings. The van der Waals surface area contributed by atoms with Gasteiger partial charge in [-0.1, -0.05) is 0 Å². The summed E-state index contributed by atoms with van der Waals surface area (Å²) in [5.41, 5.74) is 1.17. The molecule has 0 radical (unpaired) electrons. The van der Waals surface area contributed by atoms with Crippen molar-refractivity contribution in [3.05, 3.63) is 58.5 Å². The van der Waals surface area contributed by atoms with Crippen molar-refractivity contribution < 1.29 is 18.3 Å². The predicted molar refractivity (Wildman–Crippen MR) is 92.4 cm³/mol. The number of aryl methyl sites for hydroxylation is 2. The molecule has 0 amide bonds. The molecule has 1 aromatic heterocycles. The van der Waals surface area contributed by atoms with Crippen LogP contribution in [0.4, 0.5) is 5.69 Å². The van der Waals surface area contributed by atoms with Crippen molar-refractivity contribution in [2.45, 2.75) is 4.90 Å². The normalized spacial score (nSPS) is 11.6. The summed E-state index contributed by atoms with van der Waals surface area (Å²) in [4.78, 5) is 22.8. The van der Waals surface area contributed by atoms with Gasteiger partial charge in [-0.25, -0.2) is 18.0 Å². The van der Waals surface area contributed by atoms with Gasteiger partial charge >= 0.3 is 11.7 Å². The number of aromatic carboxylic acids is 1. The van der Waals surface area contributed by atoms with E-state index in [0.717, 1.165) is 0 Å². The van der Waals surface area contributed by atoms with Crippen LogP contribution in [0, 0.1) is 0 Å². The highest BCUT2D eigenvalue weighted by molar-refractivity contribution is 7.92. The van der Waals surface area contributed by atoms with Crippen molar-refractivity contribution in [1.82, 2.24) is 9.13 Å². The number of imidazole rings is 1. The number of benzene rings is 2. The van der Waals surface area contributed by atoms with E-state index in [9.17, 15) is 18.0 Å². The van der Waals surface area contributed by atoms with Gasteiger partial charge in [-0.15, -0.1) is 0 Å². The molecule has 0 aliphatic rings. The smallest absolute Gasteiger partial charge is 0.335 e. The fourth-order valence-corrected chi connectivity index (χ4v) is 3.63. The third-order valence-corrected chi connectivity index (χ3v) is 5.32. The summed E-state index contributed by atoms with van der Waals surface area (Å²) in [5, 5.41) is 8.87. The average molecular weight is 361 g/mol. The molecule has 0 aliphatic heterocycles. The summed E-state index contributed by atoms with van der Waals surface area (Å²) in [7, 11) is -0.700. The zero-order chi connectivity index (χ0) is 18.4. The third kappa shape index (κ3) is 2.89. The first-order chi connectivity index (χ1) is 11.7. The van der Waals surface area contributed by atoms with Gasteiger partial charge in [0.25, 0.3) is 10.0 Å². The molecule has 0 atom stereocenters. The Hall–Kier alpha value is -3.07. The van der Waals surface area contributed by atoms with Crippen LogP contribution in [-0.2, 0) is 24.1 Å². The van der Waals surface area contributed by atoms with Crippen LogP contribution in [0.1, 0.15) is 10.4 Å². The van der Waals surface area contributed by atoms with Crippen LogP contribution in [0.15, 0.2) is 52.2 Å². The number of nitrogens with zero attached hydrogens (tertiary/aromatic N) is 2. The highest BCUT2D eigenvalue weighted by Gasteiger charge is 2.17. The predicted octanol–water partition coefficient (Wildman–Crippen LogP) is 1.38. The van der Waals surface area contributed by atoms with Gasteiger partial charge in [-0.2, -0.15) is 0 Å². The van der Waals surface area contributed by atoms with Crippen LogP contribution in [0.3, 0.4) is 0 Å². The molecule has 0 bridgehead atoms. The van der Waals surface area contributed by atoms with Crippen LogP contribution in [-0.4, -0.2) is 28.6 Å². The summed E-state index contributed by atoms with van der Waals surface area (Å²) < 4.78 is 30.3. The second-order valence-corrected chi connectivity index (χ2v) is 7.22. The van der Waals surface area contributed by atoms with Gasteiger partial charge in [-0.3, -0.25) is 13.9 Å². The number of carboxylic acid groups (broad SMARTS) is 1. The second-order valence-electron chi connectivity index (χ2n) is 5.54. The summed E-state index contributed by atoms with van der Waals surface area (Å²) in [6, 6.07) is 9.77. The molecule has 3 rings (SSSR count). The van der Waals surface area contributed by atoms with Gasteiger partial charge in [0.1, 0.15) is 0 Å². The van der Waals surface area contributed by atoms with E-state index in [1.54, 1.807) is 20.2 Å². The molecule has 2 aromatic carbocycles. The Kier molecular flexibility index (Phi) is 3.88. The Bertz CT molecular complexity index is 1140. The lowest BCUT2D eigenvalue weighted by molar-refractivity contribution is 0.0697. The monoisotopic (exact) mass is 361 g/mol. The molecule has 0 aliphatic carbocycles. The number of carbonyl (C=O) groups is 1. The highest BCUT2D eigenvalue weighted by atomic mass is 32.2. The van der Waals surface area contributed by atoms with E-state index in [-0.39, 0.29) is 21.8 Å². The molecule has 1 heterocycles. The summed E-state index contributed by atoms with van der Waals surface area (Å²) in [6.07, 6.45) is 0. The molecule has 0 saturated carbocycles. The fraction of sp³-hybridized carbons (Fsp3) is 0.125. The molecule has 9 heteroatoms. The Morgan fingerprint density at radius 1 is 1.00 bits per heavy atom. The van der Waals surface area contributed by atoms with Gasteiger partial charge < -0.3 is 5.11 Å². The SMILES string of the molecule is Cn1c(=O)n(C)c2cc(S(=O)(=O)Nc3ccc(C(=O)O)cc3)ccc21. The van der Waals surface area contributed by atoms with E-state index in [1.165, 1.54) is 45.5 Å². The lowest BCUT2D eigenvalue weighted by Gasteiger charge is -2.09. The minimum Gasteiger partial charge on any atom is -0.478 e. The molecule has 2 N–H and O–H groups in total. The first-order valence-electron chi connectivity index (χ1n) is 7.22. The number of hydrogen-bond donors (Lipinski definition) is 2. The van der Waals surface area contributed by atoms with E-state index in [1.807, 2.05) is 0 Å². The van der Waals surface area contributed by atoms with Gasteiger partial charge in [0.05, 0.1) is 21.5 Å². The van der Waals surface area contributed by atoms with Gasteiger partial charge in [0.15, 0.2) is 0 Å². The maximum atomic E-state index is 12.5. The number of carboxylic acids is 1. The van der Waals surface area contributed by atoms with Crippen molar-refractivity contribution in [2.24, 2.45) is 14.1 Å². The molecule has 0 spiro atoms. The summed E-state index contributed by atoms with van der Waals surface area (Å²) in [5.74, 6) is -1.09. The second kappa shape index (κ2) is 5.78. The maximum Gasteiger partial charge on any atom is 0.335 e. The molecular weight excluding hydrogens is 346 g/mol. The molecule has 25 heavy (non-hydrogen) atoms. The lowest BCUT2D eigenvalue weighted by Crippen LogP contribution is -2.19. The van der Waals surface area contributed by atoms with Crippen LogP contribution >= 0.6 is 0 Å². The molecule has 8 nitrogen and oxygen atoms in total. The molecule has 0 unspecified atom stereocenters. The van der Waals surface area contributed by atoms with E-state index in [4.69, 9.17) is 5.11 Å². The van der Waals surface area contributed by atoms with Gasteiger partial charge in [-0.05, 0) is 42.5 Å². The lowest BCUT2D eigenvalue weighted by atomic mass is 10.2. The molecule has 3 aromatic rings. The van der Waals surface area contributed by atoms with Crippen LogP contribution in [0.2, 0.25) is 0 Å². The van der Waals surface area contributed by atoms with Crippen molar-refractivity contribution >= 4 is 32.7 Å². The molecule has 0 saturated heterocycles. The zero-order valence-electron chi connectivity index (χ0n) is 13.4. The van der Waals surface area contributed by atoms with Gasteiger partial charge in [0.2, 0.25) is 0 Å². The van der Waals surface area contributed by atoms with Crippen molar-refractivity contribution in [3.8, 4) is 0 Å². The standard InChI is InChI=1S/C16H15N3O5S/c1-18-13-8-7-12(9-14(13)19(2)16(18)22)25(23,24)17-11-5-3-10(4-6-11)15(20)21/h3-9,17H,1-2H3,(H,20,21). The van der Waals surface area contributed by atoms with Crippen LogP contribution in [0.5, 0.6) is 0 Å². The Morgan fingerprint density at radius 3 is 2.20 bits per heavy atom. The van der Waals surface area contributed by atoms with Crippen LogP contribution < -0.4 is 10.4 Å². The van der Waals surface area contributed by atoms with Gasteiger partial charge in [0, 0.05) is 19.8 Å². The minimum atomic E-state index is -3.88. The Labute approximate surface area is 143 Å². The zero-order valence-corrected chi connectivity index (χ0v) is 14.2. The summed E-state index contributed by atoms with van der Waals surface area (Å²) >= 11 is 0. The first kappa shape index (κ1) is 16.8.